The molecule has 98 valence electrons. The maximum absolute atomic E-state index is 12.1. The van der Waals surface area contributed by atoms with E-state index in [1.54, 1.807) is 4.90 Å². The molecule has 0 spiro atoms. The highest BCUT2D eigenvalue weighted by molar-refractivity contribution is 5.86. The first kappa shape index (κ1) is 14.0. The number of esters is 1. The normalized spacial score (nSPS) is 22.4. The van der Waals surface area contributed by atoms with Crippen LogP contribution in [0.1, 0.15) is 27.2 Å². The van der Waals surface area contributed by atoms with E-state index in [1.165, 1.54) is 7.11 Å². The Kier molecular flexibility index (Phi) is 4.14. The number of amides is 1. The number of hydrogen-bond donors (Lipinski definition) is 0. The molecule has 0 aromatic carbocycles. The summed E-state index contributed by atoms with van der Waals surface area (Å²) >= 11 is 0. The van der Waals surface area contributed by atoms with E-state index in [0.29, 0.717) is 13.0 Å². The van der Waals surface area contributed by atoms with Gasteiger partial charge in [0.05, 0.1) is 19.1 Å². The van der Waals surface area contributed by atoms with Gasteiger partial charge in [-0.15, -0.1) is 0 Å². The van der Waals surface area contributed by atoms with Crippen LogP contribution < -0.4 is 0 Å². The number of ether oxygens (including phenoxy) is 1. The number of nitrogens with zero attached hydrogens (tertiary/aromatic N) is 2. The van der Waals surface area contributed by atoms with Crippen molar-refractivity contribution in [3.05, 3.63) is 0 Å². The number of piperazine rings is 1. The molecule has 0 aromatic heterocycles. The molecular formula is C12H22N2O3. The third kappa shape index (κ3) is 2.77. The zero-order valence-corrected chi connectivity index (χ0v) is 11.3. The van der Waals surface area contributed by atoms with Gasteiger partial charge in [-0.2, -0.15) is 0 Å². The maximum Gasteiger partial charge on any atom is 0.307 e. The molecule has 1 unspecified atom stereocenters. The van der Waals surface area contributed by atoms with Gasteiger partial charge in [0.15, 0.2) is 0 Å². The first-order chi connectivity index (χ1) is 7.80. The van der Waals surface area contributed by atoms with E-state index >= 15 is 0 Å². The number of carbonyl (C=O) groups excluding carboxylic acids is 2. The Morgan fingerprint density at radius 3 is 2.59 bits per heavy atom. The summed E-state index contributed by atoms with van der Waals surface area (Å²) in [6.07, 6.45) is 0.316. The molecule has 1 atom stereocenters. The lowest BCUT2D eigenvalue weighted by atomic mass is 9.95. The predicted molar refractivity (Wildman–Crippen MR) is 64.5 cm³/mol. The number of carbonyl (C=O) groups is 2. The van der Waals surface area contributed by atoms with E-state index < -0.39 is 5.54 Å². The van der Waals surface area contributed by atoms with Gasteiger partial charge in [0.1, 0.15) is 0 Å². The molecule has 0 aromatic rings. The predicted octanol–water partition coefficient (Wildman–Crippen LogP) is 0.491. The molecule has 0 radical (unpaired) electrons. The van der Waals surface area contributed by atoms with Gasteiger partial charge in [-0.05, 0) is 20.8 Å². The first-order valence-electron chi connectivity index (χ1n) is 5.89. The van der Waals surface area contributed by atoms with Crippen LogP contribution in [-0.4, -0.2) is 60.5 Å². The Balaban J connectivity index is 2.76. The highest BCUT2D eigenvalue weighted by atomic mass is 16.5. The van der Waals surface area contributed by atoms with Crippen LogP contribution in [0.3, 0.4) is 0 Å². The minimum absolute atomic E-state index is 0.00935. The zero-order valence-electron chi connectivity index (χ0n) is 11.3. The molecule has 1 saturated heterocycles. The number of likely N-dealkylation sites (N-methyl/N-ethyl adjacent to an activating group) is 1. The molecular weight excluding hydrogens is 220 g/mol. The summed E-state index contributed by atoms with van der Waals surface area (Å²) in [4.78, 5) is 27.2. The van der Waals surface area contributed by atoms with Crippen molar-refractivity contribution in [1.82, 2.24) is 9.80 Å². The topological polar surface area (TPSA) is 49.9 Å². The SMILES string of the molecule is COC(=O)CC(C)N1CCN(C)C(=O)C1(C)C. The number of hydrogen-bond acceptors (Lipinski definition) is 4. The Morgan fingerprint density at radius 2 is 2.06 bits per heavy atom. The van der Waals surface area contributed by atoms with E-state index in [2.05, 4.69) is 9.64 Å². The van der Waals surface area contributed by atoms with Crippen molar-refractivity contribution in [1.29, 1.82) is 0 Å². The lowest BCUT2D eigenvalue weighted by molar-refractivity contribution is -0.152. The molecule has 17 heavy (non-hydrogen) atoms. The van der Waals surface area contributed by atoms with Crippen LogP contribution in [0.4, 0.5) is 0 Å². The molecule has 1 fully saturated rings. The van der Waals surface area contributed by atoms with Crippen molar-refractivity contribution < 1.29 is 14.3 Å². The van der Waals surface area contributed by atoms with Gasteiger partial charge in [0.25, 0.3) is 0 Å². The summed E-state index contributed by atoms with van der Waals surface area (Å²) in [6, 6.07) is 0.00935. The summed E-state index contributed by atoms with van der Waals surface area (Å²) in [5.74, 6) is -0.139. The van der Waals surface area contributed by atoms with Crippen LogP contribution in [0.5, 0.6) is 0 Å². The van der Waals surface area contributed by atoms with Crippen LogP contribution in [-0.2, 0) is 14.3 Å². The van der Waals surface area contributed by atoms with Crippen LogP contribution in [0, 0.1) is 0 Å². The van der Waals surface area contributed by atoms with Gasteiger partial charge < -0.3 is 9.64 Å². The summed E-state index contributed by atoms with van der Waals surface area (Å²) < 4.78 is 4.67. The number of methoxy groups -OCH3 is 1. The molecule has 5 heteroatoms. The second-order valence-corrected chi connectivity index (χ2v) is 5.11. The average Bonchev–Trinajstić information content (AvgIpc) is 2.25. The summed E-state index contributed by atoms with van der Waals surface area (Å²) in [5, 5.41) is 0. The average molecular weight is 242 g/mol. The lowest BCUT2D eigenvalue weighted by Gasteiger charge is -2.47. The fraction of sp³-hybridized carbons (Fsp3) is 0.833. The standard InChI is InChI=1S/C12H22N2O3/c1-9(8-10(15)17-5)14-7-6-13(4)11(16)12(14,2)3/h9H,6-8H2,1-5H3. The Labute approximate surface area is 103 Å². The summed E-state index contributed by atoms with van der Waals surface area (Å²) in [6.45, 7) is 7.25. The highest BCUT2D eigenvalue weighted by Crippen LogP contribution is 2.25. The van der Waals surface area contributed by atoms with Crippen molar-refractivity contribution in [3.63, 3.8) is 0 Å². The summed E-state index contributed by atoms with van der Waals surface area (Å²) in [5.41, 5.74) is -0.555. The Hall–Kier alpha value is -1.10. The van der Waals surface area contributed by atoms with Crippen LogP contribution >= 0.6 is 0 Å². The fourth-order valence-corrected chi connectivity index (χ4v) is 2.43. The minimum Gasteiger partial charge on any atom is -0.469 e. The van der Waals surface area contributed by atoms with Gasteiger partial charge in [-0.3, -0.25) is 14.5 Å². The minimum atomic E-state index is -0.555. The largest absolute Gasteiger partial charge is 0.469 e. The van der Waals surface area contributed by atoms with Gasteiger partial charge in [-0.25, -0.2) is 0 Å². The van der Waals surface area contributed by atoms with Crippen molar-refractivity contribution in [2.45, 2.75) is 38.8 Å². The van der Waals surface area contributed by atoms with Crippen molar-refractivity contribution in [2.24, 2.45) is 0 Å². The van der Waals surface area contributed by atoms with E-state index in [9.17, 15) is 9.59 Å². The van der Waals surface area contributed by atoms with Gasteiger partial charge >= 0.3 is 5.97 Å². The third-order valence-corrected chi connectivity index (χ3v) is 3.49. The van der Waals surface area contributed by atoms with Crippen molar-refractivity contribution in [2.75, 3.05) is 27.2 Å². The fourth-order valence-electron chi connectivity index (χ4n) is 2.43. The lowest BCUT2D eigenvalue weighted by Crippen LogP contribution is -2.64. The molecule has 5 nitrogen and oxygen atoms in total. The van der Waals surface area contributed by atoms with Crippen molar-refractivity contribution in [3.8, 4) is 0 Å². The van der Waals surface area contributed by atoms with E-state index in [4.69, 9.17) is 0 Å². The number of rotatable bonds is 3. The quantitative estimate of drug-likeness (QED) is 0.676. The molecule has 0 N–H and O–H groups in total. The first-order valence-corrected chi connectivity index (χ1v) is 5.89. The second kappa shape index (κ2) is 5.04. The molecule has 0 saturated carbocycles. The molecule has 1 aliphatic rings. The van der Waals surface area contributed by atoms with Gasteiger partial charge in [0.2, 0.25) is 5.91 Å². The van der Waals surface area contributed by atoms with Crippen LogP contribution in [0.25, 0.3) is 0 Å². The molecule has 1 aliphatic heterocycles. The molecule has 0 aliphatic carbocycles. The van der Waals surface area contributed by atoms with Gasteiger partial charge in [-0.1, -0.05) is 0 Å². The van der Waals surface area contributed by atoms with E-state index in [1.807, 2.05) is 27.8 Å². The molecule has 0 bridgehead atoms. The Morgan fingerprint density at radius 1 is 1.47 bits per heavy atom. The van der Waals surface area contributed by atoms with Crippen LogP contribution in [0.15, 0.2) is 0 Å². The van der Waals surface area contributed by atoms with E-state index in [0.717, 1.165) is 6.54 Å². The Bertz CT molecular complexity index is 315. The monoisotopic (exact) mass is 242 g/mol. The van der Waals surface area contributed by atoms with Crippen molar-refractivity contribution >= 4 is 11.9 Å². The maximum atomic E-state index is 12.1. The smallest absolute Gasteiger partial charge is 0.307 e. The highest BCUT2D eigenvalue weighted by Gasteiger charge is 2.42. The third-order valence-electron chi connectivity index (χ3n) is 3.49. The molecule has 1 heterocycles. The molecule has 1 amide bonds. The summed E-state index contributed by atoms with van der Waals surface area (Å²) in [7, 11) is 3.20. The second-order valence-electron chi connectivity index (χ2n) is 5.11. The molecule has 1 rings (SSSR count). The van der Waals surface area contributed by atoms with E-state index in [-0.39, 0.29) is 17.9 Å². The zero-order chi connectivity index (χ0) is 13.2. The van der Waals surface area contributed by atoms with Gasteiger partial charge in [0, 0.05) is 26.2 Å². The van der Waals surface area contributed by atoms with Crippen LogP contribution in [0.2, 0.25) is 0 Å².